The maximum Gasteiger partial charge on any atom is 0.0792 e. The van der Waals surface area contributed by atoms with Crippen LogP contribution in [0.2, 0.25) is 0 Å². The third-order valence-electron chi connectivity index (χ3n) is 4.19. The molecule has 0 bridgehead atoms. The van der Waals surface area contributed by atoms with Gasteiger partial charge in [-0.25, -0.2) is 0 Å². The van der Waals surface area contributed by atoms with Crippen LogP contribution in [0.4, 0.5) is 0 Å². The van der Waals surface area contributed by atoms with E-state index in [1.54, 1.807) is 0 Å². The Morgan fingerprint density at radius 3 is 2.10 bits per heavy atom. The molecule has 0 heterocycles. The van der Waals surface area contributed by atoms with Crippen LogP contribution in [-0.4, -0.2) is 11.2 Å². The van der Waals surface area contributed by atoms with Gasteiger partial charge in [-0.05, 0) is 64.4 Å². The Bertz CT molecular complexity index is 446. The van der Waals surface area contributed by atoms with Crippen molar-refractivity contribution >= 4 is 0 Å². The minimum Gasteiger partial charge on any atom is -0.388 e. The van der Waals surface area contributed by atoms with Crippen molar-refractivity contribution in [1.82, 2.24) is 0 Å². The fourth-order valence-electron chi connectivity index (χ4n) is 2.71. The van der Waals surface area contributed by atoms with E-state index in [1.807, 2.05) is 0 Å². The molecule has 1 heteroatoms. The number of rotatable bonds is 1. The highest BCUT2D eigenvalue weighted by Gasteiger charge is 2.14. The molecule has 1 unspecified atom stereocenters. The molecule has 1 nitrogen and oxygen atoms in total. The van der Waals surface area contributed by atoms with Gasteiger partial charge in [0.25, 0.3) is 0 Å². The lowest BCUT2D eigenvalue weighted by Gasteiger charge is -2.19. The third-order valence-corrected chi connectivity index (χ3v) is 4.19. The summed E-state index contributed by atoms with van der Waals surface area (Å²) in [6, 6.07) is 0. The molecule has 1 aliphatic rings. The molecule has 0 saturated carbocycles. The van der Waals surface area contributed by atoms with E-state index >= 15 is 0 Å². The number of aliphatic hydroxyl groups excluding tert-OH is 1. The molecule has 0 aromatic carbocycles. The molecule has 1 atom stereocenters. The monoisotopic (exact) mass is 288 g/mol. The van der Waals surface area contributed by atoms with Crippen molar-refractivity contribution < 1.29 is 5.11 Å². The van der Waals surface area contributed by atoms with Crippen molar-refractivity contribution in [2.75, 3.05) is 0 Å². The second kappa shape index (κ2) is 9.04. The van der Waals surface area contributed by atoms with E-state index in [4.69, 9.17) is 0 Å². The van der Waals surface area contributed by atoms with E-state index in [9.17, 15) is 5.11 Å². The predicted molar refractivity (Wildman–Crippen MR) is 93.3 cm³/mol. The van der Waals surface area contributed by atoms with Gasteiger partial charge in [-0.1, -0.05) is 54.9 Å². The van der Waals surface area contributed by atoms with Crippen molar-refractivity contribution in [2.45, 2.75) is 72.8 Å². The molecule has 21 heavy (non-hydrogen) atoms. The lowest BCUT2D eigenvalue weighted by molar-refractivity contribution is 0.200. The highest BCUT2D eigenvalue weighted by molar-refractivity contribution is 5.23. The molecule has 0 saturated heterocycles. The normalized spacial score (nSPS) is 25.4. The van der Waals surface area contributed by atoms with E-state index in [0.29, 0.717) is 5.92 Å². The zero-order valence-corrected chi connectivity index (χ0v) is 14.4. The molecule has 118 valence electrons. The van der Waals surface area contributed by atoms with Crippen molar-refractivity contribution in [3.63, 3.8) is 0 Å². The van der Waals surface area contributed by atoms with Gasteiger partial charge < -0.3 is 5.11 Å². The molecule has 0 spiro atoms. The van der Waals surface area contributed by atoms with Crippen molar-refractivity contribution in [3.05, 3.63) is 46.6 Å². The summed E-state index contributed by atoms with van der Waals surface area (Å²) in [7, 11) is 0. The van der Waals surface area contributed by atoms with Gasteiger partial charge in [0.05, 0.1) is 6.10 Å². The largest absolute Gasteiger partial charge is 0.388 e. The first kappa shape index (κ1) is 18.0. The van der Waals surface area contributed by atoms with Crippen molar-refractivity contribution in [2.24, 2.45) is 5.92 Å². The van der Waals surface area contributed by atoms with Gasteiger partial charge in [-0.15, -0.1) is 0 Å². The highest BCUT2D eigenvalue weighted by Crippen LogP contribution is 2.22. The third kappa shape index (κ3) is 6.95. The van der Waals surface area contributed by atoms with Crippen LogP contribution in [0.25, 0.3) is 0 Å². The minimum absolute atomic E-state index is 0.357. The first-order valence-corrected chi connectivity index (χ1v) is 8.26. The topological polar surface area (TPSA) is 20.2 Å². The predicted octanol–water partition coefficient (Wildman–Crippen LogP) is 5.73. The zero-order valence-electron chi connectivity index (χ0n) is 14.4. The van der Waals surface area contributed by atoms with Crippen LogP contribution in [0.1, 0.15) is 66.7 Å². The molecule has 1 rings (SSSR count). The fourth-order valence-corrected chi connectivity index (χ4v) is 2.71. The van der Waals surface area contributed by atoms with Crippen LogP contribution < -0.4 is 0 Å². The lowest BCUT2D eigenvalue weighted by atomic mass is 9.92. The molecular weight excluding hydrogens is 256 g/mol. The molecular formula is C20H32O. The molecule has 1 N–H and O–H groups in total. The van der Waals surface area contributed by atoms with Gasteiger partial charge in [0.2, 0.25) is 0 Å². The molecule has 0 aliphatic heterocycles. The summed E-state index contributed by atoms with van der Waals surface area (Å²) < 4.78 is 0. The minimum atomic E-state index is -0.357. The van der Waals surface area contributed by atoms with Gasteiger partial charge in [-0.3, -0.25) is 0 Å². The summed E-state index contributed by atoms with van der Waals surface area (Å²) in [5, 5.41) is 10.5. The maximum absolute atomic E-state index is 10.5. The van der Waals surface area contributed by atoms with E-state index in [-0.39, 0.29) is 6.10 Å². The van der Waals surface area contributed by atoms with Gasteiger partial charge in [0, 0.05) is 0 Å². The lowest BCUT2D eigenvalue weighted by Crippen LogP contribution is -2.15. The standard InChI is InChI=1S/C20H32O/c1-15(2)19-13-12-17(4)10-6-8-16(3)9-7-11-18(5)14-20(19)21/h8,11-13,15,20-21H,6-7,9-10,14H2,1-5H3/b16-8?,17-12-,18-11?,19-13?. The van der Waals surface area contributed by atoms with Crippen LogP contribution in [-0.2, 0) is 0 Å². The van der Waals surface area contributed by atoms with Gasteiger partial charge in [-0.2, -0.15) is 0 Å². The fraction of sp³-hybridized carbons (Fsp3) is 0.600. The first-order chi connectivity index (χ1) is 9.90. The number of allylic oxidation sites excluding steroid dienone is 6. The number of hydrogen-bond donors (Lipinski definition) is 1. The summed E-state index contributed by atoms with van der Waals surface area (Å²) in [5.74, 6) is 0.381. The summed E-state index contributed by atoms with van der Waals surface area (Å²) in [6.07, 6.45) is 13.8. The van der Waals surface area contributed by atoms with E-state index in [1.165, 1.54) is 16.7 Å². The number of hydrogen-bond acceptors (Lipinski definition) is 1. The van der Waals surface area contributed by atoms with Crippen molar-refractivity contribution in [1.29, 1.82) is 0 Å². The SMILES string of the molecule is CC1=CCC/C(C)=C\C=C(C(C)C)C(O)CC(C)=CCC1. The summed E-state index contributed by atoms with van der Waals surface area (Å²) in [5.41, 5.74) is 5.29. The summed E-state index contributed by atoms with van der Waals surface area (Å²) >= 11 is 0. The molecule has 0 aromatic rings. The summed E-state index contributed by atoms with van der Waals surface area (Å²) in [6.45, 7) is 10.9. The van der Waals surface area contributed by atoms with Gasteiger partial charge >= 0.3 is 0 Å². The molecule has 0 amide bonds. The molecule has 0 aromatic heterocycles. The van der Waals surface area contributed by atoms with Crippen LogP contribution in [0.15, 0.2) is 46.6 Å². The smallest absolute Gasteiger partial charge is 0.0792 e. The van der Waals surface area contributed by atoms with Crippen LogP contribution >= 0.6 is 0 Å². The summed E-state index contributed by atoms with van der Waals surface area (Å²) in [4.78, 5) is 0. The Morgan fingerprint density at radius 1 is 0.905 bits per heavy atom. The van der Waals surface area contributed by atoms with E-state index in [0.717, 1.165) is 37.7 Å². The van der Waals surface area contributed by atoms with E-state index in [2.05, 4.69) is 58.9 Å². The molecule has 1 aliphatic carbocycles. The Balaban J connectivity index is 3.00. The quantitative estimate of drug-likeness (QED) is 0.611. The maximum atomic E-state index is 10.5. The Hall–Kier alpha value is -1.08. The van der Waals surface area contributed by atoms with E-state index < -0.39 is 0 Å². The first-order valence-electron chi connectivity index (χ1n) is 8.26. The Kier molecular flexibility index (Phi) is 7.74. The second-order valence-corrected chi connectivity index (χ2v) is 6.73. The van der Waals surface area contributed by atoms with Crippen LogP contribution in [0.5, 0.6) is 0 Å². The molecule has 0 radical (unpaired) electrons. The van der Waals surface area contributed by atoms with Gasteiger partial charge in [0.1, 0.15) is 0 Å². The van der Waals surface area contributed by atoms with Gasteiger partial charge in [0.15, 0.2) is 0 Å². The van der Waals surface area contributed by atoms with Crippen LogP contribution in [0.3, 0.4) is 0 Å². The van der Waals surface area contributed by atoms with Crippen LogP contribution in [0, 0.1) is 5.92 Å². The zero-order chi connectivity index (χ0) is 15.8. The van der Waals surface area contributed by atoms with Crippen molar-refractivity contribution in [3.8, 4) is 0 Å². The highest BCUT2D eigenvalue weighted by atomic mass is 16.3. The number of aliphatic hydroxyl groups is 1. The molecule has 0 fully saturated rings. The Labute approximate surface area is 131 Å². The average molecular weight is 288 g/mol. The Morgan fingerprint density at radius 2 is 1.48 bits per heavy atom. The second-order valence-electron chi connectivity index (χ2n) is 6.73. The average Bonchev–Trinajstić information content (AvgIpc) is 2.37.